The van der Waals surface area contributed by atoms with Crippen molar-refractivity contribution >= 4 is 20.5 Å². The summed E-state index contributed by atoms with van der Waals surface area (Å²) in [5.74, 6) is -0.826. The molecule has 0 saturated carbocycles. The SMILES string of the molecule is [CH2]CC[Si](C)(OC(C)=O)OC(C)=O. The van der Waals surface area contributed by atoms with E-state index in [1.54, 1.807) is 6.55 Å². The third-order valence-corrected chi connectivity index (χ3v) is 4.05. The van der Waals surface area contributed by atoms with Gasteiger partial charge in [-0.15, -0.1) is 0 Å². The van der Waals surface area contributed by atoms with E-state index in [1.165, 1.54) is 13.8 Å². The highest BCUT2D eigenvalue weighted by atomic mass is 28.4. The smallest absolute Gasteiger partial charge is 0.461 e. The molecule has 0 N–H and O–H groups in total. The maximum absolute atomic E-state index is 10.7. The van der Waals surface area contributed by atoms with Crippen LogP contribution < -0.4 is 0 Å². The molecular formula is C8H15O4Si. The molecule has 0 rings (SSSR count). The van der Waals surface area contributed by atoms with E-state index in [0.717, 1.165) is 0 Å². The van der Waals surface area contributed by atoms with Crippen molar-refractivity contribution in [3.63, 3.8) is 0 Å². The molecule has 0 aromatic carbocycles. The van der Waals surface area contributed by atoms with E-state index >= 15 is 0 Å². The Labute approximate surface area is 79.5 Å². The van der Waals surface area contributed by atoms with Crippen LogP contribution in [0.3, 0.4) is 0 Å². The summed E-state index contributed by atoms with van der Waals surface area (Å²) in [6.07, 6.45) is 0.587. The van der Waals surface area contributed by atoms with E-state index in [0.29, 0.717) is 12.5 Å². The fourth-order valence-corrected chi connectivity index (χ4v) is 3.16. The number of hydrogen-bond acceptors (Lipinski definition) is 4. The van der Waals surface area contributed by atoms with Crippen molar-refractivity contribution < 1.29 is 18.4 Å². The summed E-state index contributed by atoms with van der Waals surface area (Å²) in [6, 6.07) is 0.534. The van der Waals surface area contributed by atoms with Gasteiger partial charge < -0.3 is 8.85 Å². The summed E-state index contributed by atoms with van der Waals surface area (Å²) in [5, 5.41) is 0. The first-order valence-electron chi connectivity index (χ1n) is 4.08. The molecule has 0 aliphatic heterocycles. The number of hydrogen-bond donors (Lipinski definition) is 0. The van der Waals surface area contributed by atoms with Crippen LogP contribution in [0.4, 0.5) is 0 Å². The van der Waals surface area contributed by atoms with Gasteiger partial charge in [-0.1, -0.05) is 6.92 Å². The number of carbonyl (C=O) groups excluding carboxylic acids is 2. The van der Waals surface area contributed by atoms with Gasteiger partial charge in [-0.05, 0) is 6.42 Å². The largest absolute Gasteiger partial charge is 0.485 e. The molecule has 0 saturated heterocycles. The molecule has 13 heavy (non-hydrogen) atoms. The van der Waals surface area contributed by atoms with Crippen molar-refractivity contribution in [1.29, 1.82) is 0 Å². The first-order chi connectivity index (χ1) is 5.89. The van der Waals surface area contributed by atoms with Crippen LogP contribution in [0.15, 0.2) is 0 Å². The normalized spacial score (nSPS) is 10.8. The van der Waals surface area contributed by atoms with Crippen LogP contribution in [-0.2, 0) is 18.4 Å². The highest BCUT2D eigenvalue weighted by molar-refractivity contribution is 6.69. The Morgan fingerprint density at radius 2 is 1.62 bits per heavy atom. The lowest BCUT2D eigenvalue weighted by molar-refractivity contribution is -0.138. The van der Waals surface area contributed by atoms with E-state index in [-0.39, 0.29) is 0 Å². The summed E-state index contributed by atoms with van der Waals surface area (Å²) in [7, 11) is -2.64. The summed E-state index contributed by atoms with van der Waals surface area (Å²) < 4.78 is 10.0. The highest BCUT2D eigenvalue weighted by Gasteiger charge is 2.36. The Morgan fingerprint density at radius 1 is 1.23 bits per heavy atom. The molecule has 0 aliphatic carbocycles. The second-order valence-electron chi connectivity index (χ2n) is 2.92. The monoisotopic (exact) mass is 203 g/mol. The van der Waals surface area contributed by atoms with Crippen LogP contribution in [0, 0.1) is 6.92 Å². The van der Waals surface area contributed by atoms with Crippen LogP contribution in [0.25, 0.3) is 0 Å². The molecule has 4 nitrogen and oxygen atoms in total. The molecule has 0 atom stereocenters. The lowest BCUT2D eigenvalue weighted by Crippen LogP contribution is -2.41. The van der Waals surface area contributed by atoms with Crippen molar-refractivity contribution in [2.75, 3.05) is 0 Å². The summed E-state index contributed by atoms with van der Waals surface area (Å²) >= 11 is 0. The third-order valence-electron chi connectivity index (χ3n) is 1.35. The van der Waals surface area contributed by atoms with Gasteiger partial charge in [-0.3, -0.25) is 9.59 Å². The minimum Gasteiger partial charge on any atom is -0.485 e. The van der Waals surface area contributed by atoms with Crippen LogP contribution in [-0.4, -0.2) is 20.5 Å². The number of carbonyl (C=O) groups is 2. The summed E-state index contributed by atoms with van der Waals surface area (Å²) in [6.45, 7) is 7.93. The maximum Gasteiger partial charge on any atom is 0.461 e. The van der Waals surface area contributed by atoms with E-state index in [4.69, 9.17) is 8.85 Å². The minimum atomic E-state index is -2.64. The molecule has 0 amide bonds. The summed E-state index contributed by atoms with van der Waals surface area (Å²) in [4.78, 5) is 21.4. The van der Waals surface area contributed by atoms with E-state index in [1.807, 2.05) is 0 Å². The Morgan fingerprint density at radius 3 is 1.85 bits per heavy atom. The molecule has 0 heterocycles. The van der Waals surface area contributed by atoms with E-state index < -0.39 is 20.5 Å². The van der Waals surface area contributed by atoms with Crippen molar-refractivity contribution in [2.24, 2.45) is 0 Å². The zero-order valence-electron chi connectivity index (χ0n) is 8.25. The maximum atomic E-state index is 10.7. The quantitative estimate of drug-likeness (QED) is 0.648. The second kappa shape index (κ2) is 5.01. The van der Waals surface area contributed by atoms with Gasteiger partial charge in [-0.25, -0.2) is 0 Å². The van der Waals surface area contributed by atoms with Gasteiger partial charge in [0.1, 0.15) is 0 Å². The zero-order valence-corrected chi connectivity index (χ0v) is 9.25. The molecule has 5 heteroatoms. The highest BCUT2D eigenvalue weighted by Crippen LogP contribution is 2.15. The molecule has 0 unspecified atom stereocenters. The average Bonchev–Trinajstić information content (AvgIpc) is 1.81. The first-order valence-corrected chi connectivity index (χ1v) is 6.60. The molecule has 0 aromatic rings. The number of rotatable bonds is 4. The van der Waals surface area contributed by atoms with Gasteiger partial charge in [0.05, 0.1) is 0 Å². The van der Waals surface area contributed by atoms with Crippen molar-refractivity contribution in [1.82, 2.24) is 0 Å². The predicted octanol–water partition coefficient (Wildman–Crippen LogP) is 1.41. The van der Waals surface area contributed by atoms with Crippen molar-refractivity contribution in [3.05, 3.63) is 6.92 Å². The third kappa shape index (κ3) is 5.40. The zero-order chi connectivity index (χ0) is 10.5. The van der Waals surface area contributed by atoms with Crippen molar-refractivity contribution in [2.45, 2.75) is 32.9 Å². The molecule has 75 valence electrons. The Kier molecular flexibility index (Phi) is 4.69. The molecule has 0 aliphatic rings. The van der Waals surface area contributed by atoms with E-state index in [2.05, 4.69) is 6.92 Å². The molecule has 0 bridgehead atoms. The minimum absolute atomic E-state index is 0.413. The van der Waals surface area contributed by atoms with Gasteiger partial charge in [0.25, 0.3) is 11.9 Å². The van der Waals surface area contributed by atoms with Gasteiger partial charge >= 0.3 is 8.56 Å². The van der Waals surface area contributed by atoms with Crippen LogP contribution in [0.5, 0.6) is 0 Å². The van der Waals surface area contributed by atoms with Crippen molar-refractivity contribution in [3.8, 4) is 0 Å². The fourth-order valence-electron chi connectivity index (χ4n) is 1.05. The Hall–Kier alpha value is -0.843. The van der Waals surface area contributed by atoms with Gasteiger partial charge in [-0.2, -0.15) is 0 Å². The Bertz CT molecular complexity index is 186. The lowest BCUT2D eigenvalue weighted by atomic mass is 10.6. The molecular weight excluding hydrogens is 188 g/mol. The summed E-state index contributed by atoms with van der Waals surface area (Å²) in [5.41, 5.74) is 0. The van der Waals surface area contributed by atoms with Crippen LogP contribution >= 0.6 is 0 Å². The molecule has 1 radical (unpaired) electrons. The van der Waals surface area contributed by atoms with Crippen LogP contribution in [0.1, 0.15) is 20.3 Å². The topological polar surface area (TPSA) is 52.6 Å². The predicted molar refractivity (Wildman–Crippen MR) is 49.9 cm³/mol. The average molecular weight is 203 g/mol. The fraction of sp³-hybridized carbons (Fsp3) is 0.625. The lowest BCUT2D eigenvalue weighted by Gasteiger charge is -2.24. The van der Waals surface area contributed by atoms with Gasteiger partial charge in [0.15, 0.2) is 0 Å². The van der Waals surface area contributed by atoms with Gasteiger partial charge in [0.2, 0.25) is 0 Å². The Balaban J connectivity index is 4.32. The first kappa shape index (κ1) is 12.2. The molecule has 0 spiro atoms. The standard InChI is InChI=1S/C8H15O4Si/c1-5-6-13(4,11-7(2)9)12-8(3)10/h1,5-6H2,2-4H3. The molecule has 0 aromatic heterocycles. The van der Waals surface area contributed by atoms with Crippen LogP contribution in [0.2, 0.25) is 12.6 Å². The second-order valence-corrected chi connectivity index (χ2v) is 6.10. The van der Waals surface area contributed by atoms with E-state index in [9.17, 15) is 9.59 Å². The molecule has 0 fully saturated rings. The van der Waals surface area contributed by atoms with Gasteiger partial charge in [0, 0.05) is 26.4 Å².